The molecule has 0 unspecified atom stereocenters. The van der Waals surface area contributed by atoms with E-state index in [-0.39, 0.29) is 42.1 Å². The van der Waals surface area contributed by atoms with Gasteiger partial charge in [0.05, 0.1) is 11.7 Å². The summed E-state index contributed by atoms with van der Waals surface area (Å²) in [4.78, 5) is 25.8. The molecule has 2 aromatic carbocycles. The number of benzene rings is 2. The van der Waals surface area contributed by atoms with Crippen molar-refractivity contribution in [2.45, 2.75) is 56.4 Å². The van der Waals surface area contributed by atoms with Crippen LogP contribution in [0.1, 0.15) is 54.4 Å². The highest BCUT2D eigenvalue weighted by molar-refractivity contribution is 7.88. The van der Waals surface area contributed by atoms with E-state index in [4.69, 9.17) is 0 Å². The van der Waals surface area contributed by atoms with Crippen LogP contribution in [0, 0.1) is 5.92 Å². The maximum Gasteiger partial charge on any atom is 0.251 e. The van der Waals surface area contributed by atoms with Gasteiger partial charge in [-0.25, -0.2) is 12.7 Å². The lowest BCUT2D eigenvalue weighted by Crippen LogP contribution is -2.55. The molecule has 2 amide bonds. The summed E-state index contributed by atoms with van der Waals surface area (Å²) >= 11 is 0. The molecule has 182 valence electrons. The van der Waals surface area contributed by atoms with Gasteiger partial charge in [0.15, 0.2) is 0 Å². The molecule has 2 aromatic rings. The van der Waals surface area contributed by atoms with Gasteiger partial charge < -0.3 is 10.6 Å². The number of sulfonamides is 1. The van der Waals surface area contributed by atoms with Crippen molar-refractivity contribution in [3.63, 3.8) is 0 Å². The van der Waals surface area contributed by atoms with Gasteiger partial charge in [-0.1, -0.05) is 61.4 Å². The second kappa shape index (κ2) is 11.1. The molecule has 1 saturated heterocycles. The van der Waals surface area contributed by atoms with Gasteiger partial charge in [0.25, 0.3) is 5.91 Å². The third-order valence-corrected chi connectivity index (χ3v) is 8.60. The average Bonchev–Trinajstić information content (AvgIpc) is 2.86. The van der Waals surface area contributed by atoms with Crippen LogP contribution in [0.15, 0.2) is 60.7 Å². The fourth-order valence-electron chi connectivity index (χ4n) is 4.90. The lowest BCUT2D eigenvalue weighted by Gasteiger charge is -2.36. The van der Waals surface area contributed by atoms with E-state index in [0.29, 0.717) is 24.9 Å². The highest BCUT2D eigenvalue weighted by Gasteiger charge is 2.35. The van der Waals surface area contributed by atoms with Crippen LogP contribution in [0.5, 0.6) is 0 Å². The zero-order chi connectivity index (χ0) is 24.0. The van der Waals surface area contributed by atoms with Crippen molar-refractivity contribution in [2.24, 2.45) is 5.92 Å². The zero-order valence-corrected chi connectivity index (χ0v) is 20.2. The monoisotopic (exact) mass is 483 g/mol. The first kappa shape index (κ1) is 24.4. The zero-order valence-electron chi connectivity index (χ0n) is 19.4. The molecule has 1 aliphatic carbocycles. The van der Waals surface area contributed by atoms with Crippen LogP contribution in [-0.4, -0.2) is 49.7 Å². The molecule has 7 nitrogen and oxygen atoms in total. The van der Waals surface area contributed by atoms with Crippen molar-refractivity contribution >= 4 is 21.8 Å². The van der Waals surface area contributed by atoms with E-state index in [9.17, 15) is 18.0 Å². The third kappa shape index (κ3) is 6.24. The molecule has 4 rings (SSSR count). The number of piperidine rings is 1. The maximum atomic E-state index is 13.2. The van der Waals surface area contributed by atoms with Crippen LogP contribution in [0.25, 0.3) is 0 Å². The van der Waals surface area contributed by atoms with Gasteiger partial charge in [0, 0.05) is 30.7 Å². The molecular formula is C26H33N3O4S. The second-order valence-electron chi connectivity index (χ2n) is 9.28. The summed E-state index contributed by atoms with van der Waals surface area (Å²) in [7, 11) is -3.50. The van der Waals surface area contributed by atoms with Gasteiger partial charge in [0.2, 0.25) is 15.9 Å². The predicted molar refractivity (Wildman–Crippen MR) is 131 cm³/mol. The van der Waals surface area contributed by atoms with Crippen LogP contribution in [0.2, 0.25) is 0 Å². The van der Waals surface area contributed by atoms with Gasteiger partial charge in [-0.05, 0) is 43.4 Å². The lowest BCUT2D eigenvalue weighted by atomic mass is 9.89. The van der Waals surface area contributed by atoms with Crippen molar-refractivity contribution in [1.29, 1.82) is 0 Å². The smallest absolute Gasteiger partial charge is 0.251 e. The Morgan fingerprint density at radius 3 is 2.12 bits per heavy atom. The molecular weight excluding hydrogens is 450 g/mol. The van der Waals surface area contributed by atoms with Gasteiger partial charge >= 0.3 is 0 Å². The number of nitrogens with one attached hydrogen (secondary N) is 2. The topological polar surface area (TPSA) is 95.6 Å². The van der Waals surface area contributed by atoms with Gasteiger partial charge in [-0.15, -0.1) is 0 Å². The molecule has 0 radical (unpaired) electrons. The Morgan fingerprint density at radius 2 is 1.44 bits per heavy atom. The van der Waals surface area contributed by atoms with Crippen molar-refractivity contribution in [1.82, 2.24) is 14.9 Å². The number of hydrogen-bond acceptors (Lipinski definition) is 4. The number of carbonyl (C=O) groups excluding carboxylic acids is 2. The quantitative estimate of drug-likeness (QED) is 0.633. The summed E-state index contributed by atoms with van der Waals surface area (Å²) in [6.07, 6.45) is 4.92. The number of hydrogen-bond donors (Lipinski definition) is 2. The Kier molecular flexibility index (Phi) is 8.00. The first-order chi connectivity index (χ1) is 16.4. The minimum absolute atomic E-state index is 0.0571. The molecule has 0 bridgehead atoms. The number of rotatable bonds is 7. The summed E-state index contributed by atoms with van der Waals surface area (Å²) < 4.78 is 27.4. The third-order valence-electron chi connectivity index (χ3n) is 6.79. The van der Waals surface area contributed by atoms with Crippen LogP contribution < -0.4 is 10.6 Å². The van der Waals surface area contributed by atoms with E-state index in [1.54, 1.807) is 24.3 Å². The molecule has 2 aliphatic rings. The molecule has 2 N–H and O–H groups in total. The van der Waals surface area contributed by atoms with E-state index in [0.717, 1.165) is 31.2 Å². The number of carbonyl (C=O) groups is 2. The van der Waals surface area contributed by atoms with Gasteiger partial charge in [0.1, 0.15) is 0 Å². The van der Waals surface area contributed by atoms with Crippen LogP contribution in [0.3, 0.4) is 0 Å². The molecule has 8 heteroatoms. The lowest BCUT2D eigenvalue weighted by molar-refractivity contribution is -0.127. The van der Waals surface area contributed by atoms with E-state index in [1.165, 1.54) is 4.31 Å². The highest BCUT2D eigenvalue weighted by Crippen LogP contribution is 2.24. The Balaban J connectivity index is 1.36. The highest BCUT2D eigenvalue weighted by atomic mass is 32.2. The Morgan fingerprint density at radius 1 is 0.824 bits per heavy atom. The van der Waals surface area contributed by atoms with E-state index < -0.39 is 10.0 Å². The number of amides is 2. The van der Waals surface area contributed by atoms with Gasteiger partial charge in [-0.2, -0.15) is 0 Å². The van der Waals surface area contributed by atoms with Crippen molar-refractivity contribution in [2.75, 3.05) is 13.1 Å². The summed E-state index contributed by atoms with van der Waals surface area (Å²) in [5, 5.41) is 6.24. The SMILES string of the molecule is O=C(N[C@@H]1CCCC[C@H]1NC(=O)[C@H]1CCCN(S(=O)(=O)Cc2ccccc2)C1)c1ccccc1. The van der Waals surface area contributed by atoms with Crippen LogP contribution in [-0.2, 0) is 20.6 Å². The molecule has 1 saturated carbocycles. The Bertz CT molecular complexity index is 1080. The fourth-order valence-corrected chi connectivity index (χ4v) is 6.51. The van der Waals surface area contributed by atoms with Crippen molar-refractivity contribution in [3.05, 3.63) is 71.8 Å². The Hall–Kier alpha value is -2.71. The van der Waals surface area contributed by atoms with E-state index in [2.05, 4.69) is 10.6 Å². The summed E-state index contributed by atoms with van der Waals surface area (Å²) in [5.74, 6) is -0.696. The standard InChI is InChI=1S/C26H33N3O4S/c30-25(21-12-5-2-6-13-21)27-23-15-7-8-16-24(23)28-26(31)22-14-9-17-29(18-22)34(32,33)19-20-10-3-1-4-11-20/h1-6,10-13,22-24H,7-9,14-19H2,(H,27,30)(H,28,31)/t22-,23+,24+/m0/s1. The van der Waals surface area contributed by atoms with E-state index >= 15 is 0 Å². The minimum atomic E-state index is -3.50. The van der Waals surface area contributed by atoms with Crippen molar-refractivity contribution in [3.8, 4) is 0 Å². The second-order valence-corrected chi connectivity index (χ2v) is 11.3. The first-order valence-corrected chi connectivity index (χ1v) is 13.7. The maximum absolute atomic E-state index is 13.2. The average molecular weight is 484 g/mol. The summed E-state index contributed by atoms with van der Waals surface area (Å²) in [6, 6.07) is 17.9. The molecule has 0 aromatic heterocycles. The molecule has 1 aliphatic heterocycles. The molecule has 1 heterocycles. The van der Waals surface area contributed by atoms with E-state index in [1.807, 2.05) is 36.4 Å². The minimum Gasteiger partial charge on any atom is -0.351 e. The first-order valence-electron chi connectivity index (χ1n) is 12.1. The normalized spacial score (nSPS) is 23.7. The Labute approximate surface area is 202 Å². The van der Waals surface area contributed by atoms with Crippen LogP contribution >= 0.6 is 0 Å². The van der Waals surface area contributed by atoms with Crippen molar-refractivity contribution < 1.29 is 18.0 Å². The number of nitrogens with zero attached hydrogens (tertiary/aromatic N) is 1. The predicted octanol–water partition coefficient (Wildman–Crippen LogP) is 3.09. The fraction of sp³-hybridized carbons (Fsp3) is 0.462. The summed E-state index contributed by atoms with van der Waals surface area (Å²) in [5.41, 5.74) is 1.35. The van der Waals surface area contributed by atoms with Crippen LogP contribution in [0.4, 0.5) is 0 Å². The van der Waals surface area contributed by atoms with Gasteiger partial charge in [-0.3, -0.25) is 9.59 Å². The largest absolute Gasteiger partial charge is 0.351 e. The summed E-state index contributed by atoms with van der Waals surface area (Å²) in [6.45, 7) is 0.646. The molecule has 3 atom stereocenters. The molecule has 2 fully saturated rings. The molecule has 34 heavy (non-hydrogen) atoms. The molecule has 0 spiro atoms.